The van der Waals surface area contributed by atoms with Crippen LogP contribution in [0.5, 0.6) is 0 Å². The van der Waals surface area contributed by atoms with E-state index < -0.39 is 5.97 Å². The van der Waals surface area contributed by atoms with E-state index in [4.69, 9.17) is 0 Å². The van der Waals surface area contributed by atoms with Crippen molar-refractivity contribution in [2.45, 2.75) is 26.7 Å². The molecule has 0 aliphatic rings. The summed E-state index contributed by atoms with van der Waals surface area (Å²) in [4.78, 5) is 15.3. The summed E-state index contributed by atoms with van der Waals surface area (Å²) in [5, 5.41) is 11.6. The van der Waals surface area contributed by atoms with Crippen molar-refractivity contribution < 1.29 is 9.90 Å². The van der Waals surface area contributed by atoms with E-state index in [2.05, 4.69) is 31.0 Å². The zero-order chi connectivity index (χ0) is 13.3. The summed E-state index contributed by atoms with van der Waals surface area (Å²) >= 11 is 1.16. The van der Waals surface area contributed by atoms with Crippen LogP contribution < -0.4 is 5.11 Å². The second-order valence-corrected chi connectivity index (χ2v) is 5.50. The lowest BCUT2D eigenvalue weighted by atomic mass is 10.0. The molecule has 1 heterocycles. The predicted molar refractivity (Wildman–Crippen MR) is 70.7 cm³/mol. The van der Waals surface area contributed by atoms with Gasteiger partial charge >= 0.3 is 0 Å². The smallest absolute Gasteiger partial charge is 0.124 e. The summed E-state index contributed by atoms with van der Waals surface area (Å²) < 4.78 is 0. The van der Waals surface area contributed by atoms with Crippen LogP contribution in [-0.4, -0.2) is 11.0 Å². The molecule has 0 N–H and O–H groups in total. The molecule has 2 aromatic rings. The fourth-order valence-electron chi connectivity index (χ4n) is 1.72. The van der Waals surface area contributed by atoms with Crippen LogP contribution in [0.2, 0.25) is 0 Å². The standard InChI is InChI=1S/C14H15NO2S/c1-8(2)10-4-6-11(7-5-10)13-15-9(3)12(18-13)14(16)17/h4-8H,1-3H3,(H,16,17)/p-1. The van der Waals surface area contributed by atoms with E-state index in [0.717, 1.165) is 21.9 Å². The van der Waals surface area contributed by atoms with E-state index in [-0.39, 0.29) is 4.88 Å². The van der Waals surface area contributed by atoms with Crippen molar-refractivity contribution in [2.75, 3.05) is 0 Å². The molecular formula is C14H14NO2S-. The number of aromatic nitrogens is 1. The number of benzene rings is 1. The Bertz CT molecular complexity index is 570. The van der Waals surface area contributed by atoms with E-state index in [1.807, 2.05) is 12.1 Å². The molecule has 2 rings (SSSR count). The number of carboxylic acid groups (broad SMARTS) is 1. The number of nitrogens with zero attached hydrogens (tertiary/aromatic N) is 1. The van der Waals surface area contributed by atoms with Crippen molar-refractivity contribution in [2.24, 2.45) is 0 Å². The summed E-state index contributed by atoms with van der Waals surface area (Å²) in [7, 11) is 0. The fourth-order valence-corrected chi connectivity index (χ4v) is 2.63. The molecule has 0 saturated carbocycles. The SMILES string of the molecule is Cc1nc(-c2ccc(C(C)C)cc2)sc1C(=O)[O-]. The number of thiazole rings is 1. The molecule has 18 heavy (non-hydrogen) atoms. The third-order valence-corrected chi connectivity index (χ3v) is 3.99. The van der Waals surface area contributed by atoms with Gasteiger partial charge in [-0.25, -0.2) is 4.98 Å². The first-order chi connectivity index (χ1) is 8.49. The van der Waals surface area contributed by atoms with E-state index in [0.29, 0.717) is 11.6 Å². The molecule has 0 spiro atoms. The van der Waals surface area contributed by atoms with Crippen LogP contribution in [0.25, 0.3) is 10.6 Å². The molecule has 0 amide bonds. The number of hydrogen-bond acceptors (Lipinski definition) is 4. The van der Waals surface area contributed by atoms with Gasteiger partial charge in [-0.15, -0.1) is 11.3 Å². The molecule has 3 nitrogen and oxygen atoms in total. The van der Waals surface area contributed by atoms with Crippen molar-refractivity contribution >= 4 is 17.3 Å². The second-order valence-electron chi connectivity index (χ2n) is 4.50. The van der Waals surface area contributed by atoms with Crippen LogP contribution in [0, 0.1) is 6.92 Å². The highest BCUT2D eigenvalue weighted by atomic mass is 32.1. The Labute approximate surface area is 110 Å². The van der Waals surface area contributed by atoms with Crippen LogP contribution in [0.4, 0.5) is 0 Å². The lowest BCUT2D eigenvalue weighted by molar-refractivity contribution is -0.254. The van der Waals surface area contributed by atoms with Gasteiger partial charge in [0.15, 0.2) is 0 Å². The number of rotatable bonds is 3. The highest BCUT2D eigenvalue weighted by molar-refractivity contribution is 7.17. The maximum absolute atomic E-state index is 10.9. The summed E-state index contributed by atoms with van der Waals surface area (Å²) in [6, 6.07) is 8.06. The zero-order valence-electron chi connectivity index (χ0n) is 10.6. The highest BCUT2D eigenvalue weighted by Crippen LogP contribution is 2.28. The van der Waals surface area contributed by atoms with E-state index in [1.54, 1.807) is 6.92 Å². The second kappa shape index (κ2) is 4.90. The molecule has 0 bridgehead atoms. The Morgan fingerprint density at radius 3 is 2.33 bits per heavy atom. The summed E-state index contributed by atoms with van der Waals surface area (Å²) in [5.74, 6) is -0.675. The van der Waals surface area contributed by atoms with Gasteiger partial charge in [-0.2, -0.15) is 0 Å². The Morgan fingerprint density at radius 2 is 1.89 bits per heavy atom. The molecule has 0 fully saturated rings. The molecule has 0 atom stereocenters. The van der Waals surface area contributed by atoms with Gasteiger partial charge in [0.05, 0.1) is 16.5 Å². The molecule has 0 saturated heterocycles. The monoisotopic (exact) mass is 260 g/mol. The molecule has 1 aromatic carbocycles. The molecule has 1 aromatic heterocycles. The molecule has 0 aliphatic heterocycles. The molecule has 4 heteroatoms. The van der Waals surface area contributed by atoms with E-state index in [1.165, 1.54) is 5.56 Å². The first-order valence-corrected chi connectivity index (χ1v) is 6.59. The van der Waals surface area contributed by atoms with Gasteiger partial charge in [0.1, 0.15) is 5.01 Å². The normalized spacial score (nSPS) is 10.9. The minimum Gasteiger partial charge on any atom is -0.544 e. The van der Waals surface area contributed by atoms with Gasteiger partial charge in [-0.1, -0.05) is 38.1 Å². The predicted octanol–water partition coefficient (Wildman–Crippen LogP) is 2.61. The maximum atomic E-state index is 10.9. The Morgan fingerprint density at radius 1 is 1.28 bits per heavy atom. The van der Waals surface area contributed by atoms with Crippen molar-refractivity contribution in [1.82, 2.24) is 4.98 Å². The fraction of sp³-hybridized carbons (Fsp3) is 0.286. The van der Waals surface area contributed by atoms with Gasteiger partial charge in [0, 0.05) is 5.56 Å². The molecule has 0 radical (unpaired) electrons. The number of aryl methyl sites for hydroxylation is 1. The van der Waals surface area contributed by atoms with Crippen LogP contribution in [0.3, 0.4) is 0 Å². The maximum Gasteiger partial charge on any atom is 0.124 e. The van der Waals surface area contributed by atoms with Crippen molar-refractivity contribution in [3.8, 4) is 10.6 Å². The number of carbonyl (C=O) groups is 1. The number of carbonyl (C=O) groups excluding carboxylic acids is 1. The molecule has 0 aliphatic carbocycles. The quantitative estimate of drug-likeness (QED) is 0.852. The summed E-state index contributed by atoms with van der Waals surface area (Å²) in [5.41, 5.74) is 2.72. The summed E-state index contributed by atoms with van der Waals surface area (Å²) in [6.07, 6.45) is 0. The van der Waals surface area contributed by atoms with Crippen molar-refractivity contribution in [3.63, 3.8) is 0 Å². The lowest BCUT2D eigenvalue weighted by Crippen LogP contribution is -2.21. The van der Waals surface area contributed by atoms with E-state index >= 15 is 0 Å². The van der Waals surface area contributed by atoms with Crippen LogP contribution in [0.15, 0.2) is 24.3 Å². The van der Waals surface area contributed by atoms with Gasteiger partial charge in [-0.05, 0) is 18.4 Å². The largest absolute Gasteiger partial charge is 0.544 e. The average Bonchev–Trinajstić information content (AvgIpc) is 2.71. The molecular weight excluding hydrogens is 246 g/mol. The van der Waals surface area contributed by atoms with Crippen molar-refractivity contribution in [3.05, 3.63) is 40.4 Å². The topological polar surface area (TPSA) is 53.0 Å². The number of hydrogen-bond donors (Lipinski definition) is 0. The van der Waals surface area contributed by atoms with Gasteiger partial charge in [-0.3, -0.25) is 0 Å². The Balaban J connectivity index is 2.37. The third kappa shape index (κ3) is 2.43. The Kier molecular flexibility index (Phi) is 3.48. The first kappa shape index (κ1) is 12.8. The molecule has 0 unspecified atom stereocenters. The third-order valence-electron chi connectivity index (χ3n) is 2.81. The lowest BCUT2D eigenvalue weighted by Gasteiger charge is -2.05. The minimum absolute atomic E-state index is 0.206. The van der Waals surface area contributed by atoms with Gasteiger partial charge in [0.25, 0.3) is 0 Å². The van der Waals surface area contributed by atoms with Crippen molar-refractivity contribution in [1.29, 1.82) is 0 Å². The van der Waals surface area contributed by atoms with Gasteiger partial charge < -0.3 is 9.90 Å². The average molecular weight is 260 g/mol. The zero-order valence-corrected chi connectivity index (χ0v) is 11.4. The number of aromatic carboxylic acids is 1. The first-order valence-electron chi connectivity index (χ1n) is 5.78. The minimum atomic E-state index is -1.16. The highest BCUT2D eigenvalue weighted by Gasteiger charge is 2.10. The summed E-state index contributed by atoms with van der Waals surface area (Å²) in [6.45, 7) is 5.96. The van der Waals surface area contributed by atoms with Crippen LogP contribution in [0.1, 0.15) is 40.7 Å². The van der Waals surface area contributed by atoms with E-state index in [9.17, 15) is 9.90 Å². The van der Waals surface area contributed by atoms with Crippen LogP contribution in [-0.2, 0) is 0 Å². The van der Waals surface area contributed by atoms with Gasteiger partial charge in [0.2, 0.25) is 0 Å². The van der Waals surface area contributed by atoms with Crippen LogP contribution >= 0.6 is 11.3 Å². The molecule has 94 valence electrons. The number of carboxylic acids is 1. The Hall–Kier alpha value is -1.68.